The normalized spacial score (nSPS) is 10.9. The van der Waals surface area contributed by atoms with Gasteiger partial charge in [-0.2, -0.15) is 5.10 Å². The predicted octanol–water partition coefficient (Wildman–Crippen LogP) is 3.12. The van der Waals surface area contributed by atoms with Crippen LogP contribution < -0.4 is 5.32 Å². The van der Waals surface area contributed by atoms with Gasteiger partial charge in [0.1, 0.15) is 11.4 Å². The Morgan fingerprint density at radius 1 is 1.18 bits per heavy atom. The molecule has 1 aromatic carbocycles. The van der Waals surface area contributed by atoms with Gasteiger partial charge in [0.25, 0.3) is 5.91 Å². The third-order valence-corrected chi connectivity index (χ3v) is 4.16. The summed E-state index contributed by atoms with van der Waals surface area (Å²) in [5, 5.41) is 7.38. The molecule has 146 valence electrons. The Bertz CT molecular complexity index is 930. The molecule has 1 N–H and O–H groups in total. The van der Waals surface area contributed by atoms with Gasteiger partial charge in [0.05, 0.1) is 18.5 Å². The zero-order valence-corrected chi connectivity index (χ0v) is 16.3. The lowest BCUT2D eigenvalue weighted by atomic mass is 10.2. The summed E-state index contributed by atoms with van der Waals surface area (Å²) in [5.74, 6) is 0.113. The second-order valence-electron chi connectivity index (χ2n) is 6.68. The summed E-state index contributed by atoms with van der Waals surface area (Å²) >= 11 is 0. The monoisotopic (exact) mass is 380 g/mol. The quantitative estimate of drug-likeness (QED) is 0.683. The topological polar surface area (TPSA) is 80.4 Å². The van der Waals surface area contributed by atoms with Gasteiger partial charge in [-0.3, -0.25) is 9.59 Å². The summed E-state index contributed by atoms with van der Waals surface area (Å²) in [5.41, 5.74) is 1.68. The Balaban J connectivity index is 1.96. The van der Waals surface area contributed by atoms with Crippen molar-refractivity contribution in [3.8, 4) is 17.1 Å². The van der Waals surface area contributed by atoms with E-state index < -0.39 is 0 Å². The predicted molar refractivity (Wildman–Crippen MR) is 106 cm³/mol. The summed E-state index contributed by atoms with van der Waals surface area (Å²) in [6.07, 6.45) is 1.56. The van der Waals surface area contributed by atoms with E-state index in [0.717, 1.165) is 5.69 Å². The summed E-state index contributed by atoms with van der Waals surface area (Å²) in [4.78, 5) is 26.9. The molecule has 0 aliphatic carbocycles. The molecule has 0 atom stereocenters. The zero-order valence-electron chi connectivity index (χ0n) is 16.3. The van der Waals surface area contributed by atoms with Gasteiger partial charge in [-0.05, 0) is 45.0 Å². The van der Waals surface area contributed by atoms with Crippen molar-refractivity contribution in [3.05, 3.63) is 60.5 Å². The molecule has 3 rings (SSSR count). The maximum absolute atomic E-state index is 13.2. The van der Waals surface area contributed by atoms with Gasteiger partial charge >= 0.3 is 0 Å². The van der Waals surface area contributed by atoms with Gasteiger partial charge < -0.3 is 14.6 Å². The molecule has 7 heteroatoms. The lowest BCUT2D eigenvalue weighted by Gasteiger charge is -2.21. The second-order valence-corrected chi connectivity index (χ2v) is 6.68. The number of amides is 2. The first-order valence-corrected chi connectivity index (χ1v) is 9.27. The number of likely N-dealkylation sites (N-methyl/N-ethyl adjacent to an activating group) is 1. The molecule has 28 heavy (non-hydrogen) atoms. The van der Waals surface area contributed by atoms with E-state index in [0.29, 0.717) is 23.7 Å². The van der Waals surface area contributed by atoms with Crippen molar-refractivity contribution in [1.82, 2.24) is 20.0 Å². The smallest absolute Gasteiger partial charge is 0.273 e. The number of para-hydroxylation sites is 1. The van der Waals surface area contributed by atoms with E-state index in [4.69, 9.17) is 4.42 Å². The summed E-state index contributed by atoms with van der Waals surface area (Å²) in [7, 11) is 0. The molecule has 2 aromatic heterocycles. The molecule has 0 saturated carbocycles. The van der Waals surface area contributed by atoms with Crippen LogP contribution in [0.15, 0.2) is 59.2 Å². The first kappa shape index (κ1) is 19.4. The molecule has 0 spiro atoms. The van der Waals surface area contributed by atoms with E-state index >= 15 is 0 Å². The third kappa shape index (κ3) is 4.31. The van der Waals surface area contributed by atoms with Crippen LogP contribution in [0.1, 0.15) is 31.3 Å². The van der Waals surface area contributed by atoms with Crippen molar-refractivity contribution < 1.29 is 14.0 Å². The number of hydrogen-bond acceptors (Lipinski definition) is 4. The Labute approximate surface area is 163 Å². The first-order valence-electron chi connectivity index (χ1n) is 9.27. The molecule has 0 unspecified atom stereocenters. The minimum Gasteiger partial charge on any atom is -0.463 e. The Morgan fingerprint density at radius 3 is 2.54 bits per heavy atom. The fraction of sp³-hybridized carbons (Fsp3) is 0.286. The molecule has 0 bridgehead atoms. The highest BCUT2D eigenvalue weighted by Gasteiger charge is 2.24. The number of carbonyl (C=O) groups excluding carboxylic acids is 2. The first-order chi connectivity index (χ1) is 13.5. The highest BCUT2D eigenvalue weighted by atomic mass is 16.3. The summed E-state index contributed by atoms with van der Waals surface area (Å²) in [6, 6.07) is 14.7. The van der Waals surface area contributed by atoms with E-state index in [1.54, 1.807) is 29.1 Å². The number of aromatic nitrogens is 2. The fourth-order valence-electron chi connectivity index (χ4n) is 2.87. The molecule has 2 amide bonds. The molecule has 3 aromatic rings. The van der Waals surface area contributed by atoms with Crippen LogP contribution in [0.4, 0.5) is 0 Å². The molecule has 7 nitrogen and oxygen atoms in total. The van der Waals surface area contributed by atoms with Gasteiger partial charge in [-0.25, -0.2) is 4.68 Å². The van der Waals surface area contributed by atoms with Crippen molar-refractivity contribution in [2.75, 3.05) is 13.1 Å². The molecule has 0 fully saturated rings. The average molecular weight is 380 g/mol. The van der Waals surface area contributed by atoms with E-state index in [1.807, 2.05) is 51.1 Å². The number of nitrogens with one attached hydrogen (secondary N) is 1. The van der Waals surface area contributed by atoms with Crippen molar-refractivity contribution in [2.24, 2.45) is 0 Å². The van der Waals surface area contributed by atoms with E-state index in [9.17, 15) is 9.59 Å². The van der Waals surface area contributed by atoms with Crippen LogP contribution in [0.3, 0.4) is 0 Å². The van der Waals surface area contributed by atoms with Gasteiger partial charge in [0.15, 0.2) is 5.76 Å². The number of nitrogens with zero attached hydrogens (tertiary/aromatic N) is 3. The molecule has 2 heterocycles. The Morgan fingerprint density at radius 2 is 1.93 bits per heavy atom. The number of rotatable bonds is 7. The lowest BCUT2D eigenvalue weighted by Crippen LogP contribution is -2.43. The highest BCUT2D eigenvalue weighted by molar-refractivity contribution is 5.96. The molecule has 0 radical (unpaired) electrons. The minimum atomic E-state index is -0.268. The Kier molecular flexibility index (Phi) is 5.93. The van der Waals surface area contributed by atoms with Crippen LogP contribution in [0.5, 0.6) is 0 Å². The lowest BCUT2D eigenvalue weighted by molar-refractivity contribution is -0.122. The zero-order chi connectivity index (χ0) is 20.1. The Hall–Kier alpha value is -3.35. The summed E-state index contributed by atoms with van der Waals surface area (Å²) in [6.45, 7) is 6.01. The van der Waals surface area contributed by atoms with Crippen LogP contribution in [0.2, 0.25) is 0 Å². The van der Waals surface area contributed by atoms with Gasteiger partial charge in [0, 0.05) is 18.7 Å². The maximum atomic E-state index is 13.2. The van der Waals surface area contributed by atoms with E-state index in [-0.39, 0.29) is 24.4 Å². The second kappa shape index (κ2) is 8.56. The molecular weight excluding hydrogens is 356 g/mol. The van der Waals surface area contributed by atoms with Crippen LogP contribution in [-0.2, 0) is 4.79 Å². The maximum Gasteiger partial charge on any atom is 0.273 e. The number of carbonyl (C=O) groups is 2. The van der Waals surface area contributed by atoms with Crippen LogP contribution in [0, 0.1) is 0 Å². The van der Waals surface area contributed by atoms with Gasteiger partial charge in [-0.15, -0.1) is 0 Å². The minimum absolute atomic E-state index is 0.0103. The average Bonchev–Trinajstić information content (AvgIpc) is 3.35. The largest absolute Gasteiger partial charge is 0.463 e. The highest BCUT2D eigenvalue weighted by Crippen LogP contribution is 2.23. The van der Waals surface area contributed by atoms with Crippen molar-refractivity contribution >= 4 is 11.8 Å². The molecule has 0 aliphatic heterocycles. The number of hydrogen-bond donors (Lipinski definition) is 1. The third-order valence-electron chi connectivity index (χ3n) is 4.16. The van der Waals surface area contributed by atoms with Crippen molar-refractivity contribution in [2.45, 2.75) is 26.8 Å². The van der Waals surface area contributed by atoms with E-state index in [1.165, 1.54) is 4.90 Å². The van der Waals surface area contributed by atoms with Crippen LogP contribution in [0.25, 0.3) is 17.1 Å². The van der Waals surface area contributed by atoms with Gasteiger partial charge in [-0.1, -0.05) is 18.2 Å². The fourth-order valence-corrected chi connectivity index (χ4v) is 2.87. The standard InChI is InChI=1S/C21H24N4O3/c1-4-24(14-20(26)22-15(2)3)21(27)18-13-17(19-11-8-12-28-19)23-25(18)16-9-6-5-7-10-16/h5-13,15H,4,14H2,1-3H3,(H,22,26). The summed E-state index contributed by atoms with van der Waals surface area (Å²) < 4.78 is 7.02. The SMILES string of the molecule is CCN(CC(=O)NC(C)C)C(=O)c1cc(-c2ccco2)nn1-c1ccccc1. The molecule has 0 aliphatic rings. The van der Waals surface area contributed by atoms with E-state index in [2.05, 4.69) is 10.4 Å². The van der Waals surface area contributed by atoms with Crippen LogP contribution in [-0.4, -0.2) is 45.6 Å². The van der Waals surface area contributed by atoms with Crippen molar-refractivity contribution in [3.63, 3.8) is 0 Å². The number of furan rings is 1. The molecule has 0 saturated heterocycles. The number of benzene rings is 1. The molecular formula is C21H24N4O3. The van der Waals surface area contributed by atoms with Crippen molar-refractivity contribution in [1.29, 1.82) is 0 Å². The van der Waals surface area contributed by atoms with Gasteiger partial charge in [0.2, 0.25) is 5.91 Å². The van der Waals surface area contributed by atoms with Crippen LogP contribution >= 0.6 is 0 Å².